The van der Waals surface area contributed by atoms with Gasteiger partial charge in [0.1, 0.15) is 17.6 Å². The first-order valence-corrected chi connectivity index (χ1v) is 6.13. The zero-order valence-corrected chi connectivity index (χ0v) is 11.3. The van der Waals surface area contributed by atoms with Gasteiger partial charge in [-0.25, -0.2) is 0 Å². The number of aromatic nitrogens is 2. The normalized spacial score (nSPS) is 12.2. The summed E-state index contributed by atoms with van der Waals surface area (Å²) in [5.41, 5.74) is 1.43. The van der Waals surface area contributed by atoms with E-state index in [2.05, 4.69) is 5.10 Å². The maximum Gasteiger partial charge on any atom is 0.128 e. The molecule has 0 aliphatic rings. The van der Waals surface area contributed by atoms with Gasteiger partial charge in [0.05, 0.1) is 19.9 Å². The van der Waals surface area contributed by atoms with E-state index in [1.54, 1.807) is 49.4 Å². The van der Waals surface area contributed by atoms with Crippen LogP contribution < -0.4 is 9.47 Å². The Labute approximate surface area is 112 Å². The Kier molecular flexibility index (Phi) is 4.06. The lowest BCUT2D eigenvalue weighted by molar-refractivity contribution is 0.202. The van der Waals surface area contributed by atoms with Crippen molar-refractivity contribution in [2.75, 3.05) is 14.2 Å². The van der Waals surface area contributed by atoms with E-state index in [4.69, 9.17) is 9.47 Å². The van der Waals surface area contributed by atoms with Gasteiger partial charge in [0.2, 0.25) is 0 Å². The first kappa shape index (κ1) is 13.4. The Morgan fingerprint density at radius 3 is 2.68 bits per heavy atom. The monoisotopic (exact) mass is 262 g/mol. The van der Waals surface area contributed by atoms with Crippen molar-refractivity contribution in [3.63, 3.8) is 0 Å². The molecule has 2 aromatic rings. The van der Waals surface area contributed by atoms with E-state index in [0.29, 0.717) is 23.6 Å². The van der Waals surface area contributed by atoms with Gasteiger partial charge in [0.25, 0.3) is 0 Å². The molecule has 0 bridgehead atoms. The Balaban J connectivity index is 2.41. The van der Waals surface area contributed by atoms with Crippen molar-refractivity contribution in [1.82, 2.24) is 9.78 Å². The lowest BCUT2D eigenvalue weighted by Crippen LogP contribution is -2.10. The molecule has 1 unspecified atom stereocenters. The predicted molar refractivity (Wildman–Crippen MR) is 71.5 cm³/mol. The van der Waals surface area contributed by atoms with Crippen molar-refractivity contribution in [1.29, 1.82) is 0 Å². The van der Waals surface area contributed by atoms with Crippen LogP contribution in [0.1, 0.15) is 24.3 Å². The number of ether oxygens (including phenoxy) is 2. The highest BCUT2D eigenvalue weighted by atomic mass is 16.5. The third kappa shape index (κ3) is 2.56. The summed E-state index contributed by atoms with van der Waals surface area (Å²) in [6.07, 6.45) is 0.904. The molecule has 1 aromatic carbocycles. The Bertz CT molecular complexity index is 551. The summed E-state index contributed by atoms with van der Waals surface area (Å²) in [5.74, 6) is 1.28. The summed E-state index contributed by atoms with van der Waals surface area (Å²) in [6.45, 7) is 2.69. The van der Waals surface area contributed by atoms with E-state index in [1.807, 2.05) is 6.92 Å². The molecule has 0 amide bonds. The highest BCUT2D eigenvalue weighted by Crippen LogP contribution is 2.32. The Hall–Kier alpha value is -2.01. The van der Waals surface area contributed by atoms with E-state index in [-0.39, 0.29) is 0 Å². The van der Waals surface area contributed by atoms with Crippen LogP contribution in [0.25, 0.3) is 0 Å². The predicted octanol–water partition coefficient (Wildman–Crippen LogP) is 2.00. The van der Waals surface area contributed by atoms with Crippen molar-refractivity contribution >= 4 is 0 Å². The quantitative estimate of drug-likeness (QED) is 0.895. The standard InChI is InChI=1S/C14H18N2O3/c1-4-16-12(7-8-15-16)14(17)11-6-5-10(18-2)9-13(11)19-3/h5-9,14,17H,4H2,1-3H3. The van der Waals surface area contributed by atoms with E-state index < -0.39 is 6.10 Å². The molecule has 0 saturated heterocycles. The number of hydrogen-bond acceptors (Lipinski definition) is 4. The minimum absolute atomic E-state index is 0.593. The number of nitrogens with zero attached hydrogens (tertiary/aromatic N) is 2. The molecule has 0 aliphatic heterocycles. The van der Waals surface area contributed by atoms with Crippen molar-refractivity contribution in [3.05, 3.63) is 41.7 Å². The summed E-state index contributed by atoms with van der Waals surface area (Å²) in [4.78, 5) is 0. The van der Waals surface area contributed by atoms with Crippen LogP contribution >= 0.6 is 0 Å². The van der Waals surface area contributed by atoms with E-state index in [1.165, 1.54) is 0 Å². The van der Waals surface area contributed by atoms with Crippen LogP contribution in [-0.4, -0.2) is 29.1 Å². The third-order valence-corrected chi connectivity index (χ3v) is 3.06. The largest absolute Gasteiger partial charge is 0.497 e. The molecule has 1 atom stereocenters. The molecule has 102 valence electrons. The van der Waals surface area contributed by atoms with Gasteiger partial charge >= 0.3 is 0 Å². The minimum atomic E-state index is -0.775. The van der Waals surface area contributed by atoms with E-state index in [0.717, 1.165) is 5.69 Å². The molecule has 2 rings (SSSR count). The third-order valence-electron chi connectivity index (χ3n) is 3.06. The molecule has 0 aliphatic carbocycles. The van der Waals surface area contributed by atoms with Crippen molar-refractivity contribution in [2.45, 2.75) is 19.6 Å². The second-order valence-corrected chi connectivity index (χ2v) is 4.08. The van der Waals surface area contributed by atoms with Crippen LogP contribution in [0.15, 0.2) is 30.5 Å². The molecule has 5 nitrogen and oxygen atoms in total. The SMILES string of the molecule is CCn1nccc1C(O)c1ccc(OC)cc1OC. The second-order valence-electron chi connectivity index (χ2n) is 4.08. The Morgan fingerprint density at radius 1 is 1.26 bits per heavy atom. The molecule has 0 spiro atoms. The molecule has 1 heterocycles. The van der Waals surface area contributed by atoms with Crippen LogP contribution in [0.3, 0.4) is 0 Å². The summed E-state index contributed by atoms with van der Waals surface area (Å²) in [5, 5.41) is 14.6. The fraction of sp³-hybridized carbons (Fsp3) is 0.357. The van der Waals surface area contributed by atoms with Gasteiger partial charge in [0.15, 0.2) is 0 Å². The number of benzene rings is 1. The maximum atomic E-state index is 10.5. The zero-order valence-electron chi connectivity index (χ0n) is 11.3. The molecule has 5 heteroatoms. The van der Waals surface area contributed by atoms with E-state index in [9.17, 15) is 5.11 Å². The topological polar surface area (TPSA) is 56.5 Å². The van der Waals surface area contributed by atoms with Gasteiger partial charge < -0.3 is 14.6 Å². The lowest BCUT2D eigenvalue weighted by Gasteiger charge is -2.16. The second kappa shape index (κ2) is 5.75. The van der Waals surface area contributed by atoms with Gasteiger partial charge in [-0.3, -0.25) is 4.68 Å². The van der Waals surface area contributed by atoms with Crippen molar-refractivity contribution in [3.8, 4) is 11.5 Å². The number of methoxy groups -OCH3 is 2. The van der Waals surface area contributed by atoms with Crippen LogP contribution in [0.4, 0.5) is 0 Å². The van der Waals surface area contributed by atoms with Crippen LogP contribution in [0, 0.1) is 0 Å². The highest BCUT2D eigenvalue weighted by molar-refractivity contribution is 5.44. The van der Waals surface area contributed by atoms with Crippen LogP contribution in [-0.2, 0) is 6.54 Å². The molecule has 19 heavy (non-hydrogen) atoms. The molecular formula is C14H18N2O3. The lowest BCUT2D eigenvalue weighted by atomic mass is 10.0. The van der Waals surface area contributed by atoms with Gasteiger partial charge in [-0.15, -0.1) is 0 Å². The maximum absolute atomic E-state index is 10.5. The molecule has 1 N–H and O–H groups in total. The summed E-state index contributed by atoms with van der Waals surface area (Å²) < 4.78 is 12.2. The number of aryl methyl sites for hydroxylation is 1. The molecule has 0 fully saturated rings. The summed E-state index contributed by atoms with van der Waals surface area (Å²) in [6, 6.07) is 7.16. The van der Waals surface area contributed by atoms with Gasteiger partial charge in [-0.05, 0) is 25.1 Å². The van der Waals surface area contributed by atoms with Crippen molar-refractivity contribution in [2.24, 2.45) is 0 Å². The average Bonchev–Trinajstić information content (AvgIpc) is 2.94. The van der Waals surface area contributed by atoms with Crippen LogP contribution in [0.5, 0.6) is 11.5 Å². The number of hydrogen-bond donors (Lipinski definition) is 1. The van der Waals surface area contributed by atoms with Crippen LogP contribution in [0.2, 0.25) is 0 Å². The van der Waals surface area contributed by atoms with Crippen molar-refractivity contribution < 1.29 is 14.6 Å². The average molecular weight is 262 g/mol. The van der Waals surface area contributed by atoms with Gasteiger partial charge in [-0.1, -0.05) is 0 Å². The highest BCUT2D eigenvalue weighted by Gasteiger charge is 2.19. The fourth-order valence-electron chi connectivity index (χ4n) is 2.04. The molecule has 1 aromatic heterocycles. The molecule has 0 radical (unpaired) electrons. The molecular weight excluding hydrogens is 244 g/mol. The zero-order chi connectivity index (χ0) is 13.8. The smallest absolute Gasteiger partial charge is 0.128 e. The Morgan fingerprint density at radius 2 is 2.05 bits per heavy atom. The summed E-state index contributed by atoms with van der Waals surface area (Å²) >= 11 is 0. The number of aliphatic hydroxyl groups excluding tert-OH is 1. The number of aliphatic hydroxyl groups is 1. The van der Waals surface area contributed by atoms with Gasteiger partial charge in [0, 0.05) is 24.4 Å². The first-order chi connectivity index (χ1) is 9.21. The minimum Gasteiger partial charge on any atom is -0.497 e. The van der Waals surface area contributed by atoms with Gasteiger partial charge in [-0.2, -0.15) is 5.10 Å². The first-order valence-electron chi connectivity index (χ1n) is 6.13. The summed E-state index contributed by atoms with van der Waals surface area (Å²) in [7, 11) is 3.17. The number of rotatable bonds is 5. The molecule has 0 saturated carbocycles. The fourth-order valence-corrected chi connectivity index (χ4v) is 2.04. The van der Waals surface area contributed by atoms with E-state index >= 15 is 0 Å².